The molecule has 0 saturated carbocycles. The zero-order valence-electron chi connectivity index (χ0n) is 21.0. The smallest absolute Gasteiger partial charge is 0.315 e. The largest absolute Gasteiger partial charge is 0.379 e. The summed E-state index contributed by atoms with van der Waals surface area (Å²) in [6, 6.07) is 0.511. The van der Waals surface area contributed by atoms with Gasteiger partial charge in [0.1, 0.15) is 0 Å². The lowest BCUT2D eigenvalue weighted by molar-refractivity contribution is -0.122. The third kappa shape index (κ3) is 13.3. The van der Waals surface area contributed by atoms with Gasteiger partial charge in [-0.2, -0.15) is 11.8 Å². The fourth-order valence-corrected chi connectivity index (χ4v) is 5.65. The summed E-state index contributed by atoms with van der Waals surface area (Å²) < 4.78 is 11.0. The molecular formula is C23H44N6O5S. The van der Waals surface area contributed by atoms with E-state index >= 15 is 0 Å². The molecule has 0 unspecified atom stereocenters. The van der Waals surface area contributed by atoms with E-state index < -0.39 is 0 Å². The number of nitrogens with one attached hydrogen (secondary N) is 4. The number of rotatable bonds is 21. The maximum atomic E-state index is 12.1. The minimum atomic E-state index is -0.294. The van der Waals surface area contributed by atoms with E-state index in [4.69, 9.17) is 15.2 Å². The quantitative estimate of drug-likeness (QED) is 0.103. The highest BCUT2D eigenvalue weighted by atomic mass is 32.2. The van der Waals surface area contributed by atoms with Crippen LogP contribution in [-0.4, -0.2) is 112 Å². The summed E-state index contributed by atoms with van der Waals surface area (Å²) in [5.74, 6) is 0.735. The molecule has 0 radical (unpaired) electrons. The van der Waals surface area contributed by atoms with Gasteiger partial charge in [-0.15, -0.1) is 0 Å². The van der Waals surface area contributed by atoms with Crippen molar-refractivity contribution >= 4 is 29.6 Å². The third-order valence-corrected chi connectivity index (χ3v) is 7.49. The van der Waals surface area contributed by atoms with Gasteiger partial charge in [-0.3, -0.25) is 14.5 Å². The number of carbonyl (C=O) groups is 3. The first-order valence-corrected chi connectivity index (χ1v) is 13.8. The van der Waals surface area contributed by atoms with Gasteiger partial charge in [0.25, 0.3) is 0 Å². The molecule has 35 heavy (non-hydrogen) atoms. The second-order valence-electron chi connectivity index (χ2n) is 9.10. The summed E-state index contributed by atoms with van der Waals surface area (Å²) in [7, 11) is 1.97. The van der Waals surface area contributed by atoms with Crippen LogP contribution in [0.5, 0.6) is 0 Å². The molecule has 0 bridgehead atoms. The van der Waals surface area contributed by atoms with Gasteiger partial charge in [-0.1, -0.05) is 6.42 Å². The standard InChI is InChI=1S/C23H44N6O5S/c1-29(11-3-2-6-19-22-18(17-35-19)27-23(32)28-22)16-21(31)26-9-5-13-34-15-14-33-12-4-8-25-10-7-20(24)30/h18-19,22,25H,2-17H2,1H3,(H2,24,30)(H,26,31)(H2,27,28,32)/t18-,19-,22-/m0/s1. The van der Waals surface area contributed by atoms with Crippen LogP contribution in [0.15, 0.2) is 0 Å². The number of urea groups is 1. The molecule has 0 aliphatic carbocycles. The zero-order chi connectivity index (χ0) is 25.3. The van der Waals surface area contributed by atoms with Gasteiger partial charge in [0.15, 0.2) is 0 Å². The summed E-state index contributed by atoms with van der Waals surface area (Å²) in [5, 5.41) is 12.6. The molecule has 2 aliphatic rings. The van der Waals surface area contributed by atoms with Crippen molar-refractivity contribution in [3.63, 3.8) is 0 Å². The number of amides is 4. The lowest BCUT2D eigenvalue weighted by Gasteiger charge is -2.19. The number of thioether (sulfide) groups is 1. The van der Waals surface area contributed by atoms with E-state index in [1.54, 1.807) is 0 Å². The van der Waals surface area contributed by atoms with Crippen molar-refractivity contribution in [2.75, 3.05) is 72.0 Å². The molecule has 0 aromatic heterocycles. The molecule has 0 aromatic carbocycles. The van der Waals surface area contributed by atoms with Crippen molar-refractivity contribution in [2.24, 2.45) is 5.73 Å². The van der Waals surface area contributed by atoms with Gasteiger partial charge in [0.05, 0.1) is 31.8 Å². The number of unbranched alkanes of at least 4 members (excludes halogenated alkanes) is 1. The number of nitrogens with zero attached hydrogens (tertiary/aromatic N) is 1. The molecule has 3 atom stereocenters. The summed E-state index contributed by atoms with van der Waals surface area (Å²) in [6.07, 6.45) is 5.23. The summed E-state index contributed by atoms with van der Waals surface area (Å²) in [6.45, 7) is 5.60. The third-order valence-electron chi connectivity index (χ3n) is 5.98. The highest BCUT2D eigenvalue weighted by Crippen LogP contribution is 2.33. The van der Waals surface area contributed by atoms with Crippen LogP contribution in [0.4, 0.5) is 4.79 Å². The lowest BCUT2D eigenvalue weighted by atomic mass is 10.0. The van der Waals surface area contributed by atoms with E-state index in [-0.39, 0.29) is 29.9 Å². The van der Waals surface area contributed by atoms with Gasteiger partial charge >= 0.3 is 6.03 Å². The van der Waals surface area contributed by atoms with Gasteiger partial charge < -0.3 is 36.5 Å². The molecule has 202 valence electrons. The first-order chi connectivity index (χ1) is 17.0. The van der Waals surface area contributed by atoms with Crippen LogP contribution in [0.2, 0.25) is 0 Å². The van der Waals surface area contributed by atoms with Crippen LogP contribution < -0.4 is 27.0 Å². The highest BCUT2D eigenvalue weighted by Gasteiger charge is 2.42. The molecule has 2 saturated heterocycles. The normalized spacial score (nSPS) is 21.1. The number of hydrogen-bond donors (Lipinski definition) is 5. The van der Waals surface area contributed by atoms with Gasteiger partial charge in [0.2, 0.25) is 11.8 Å². The Hall–Kier alpha value is -1.60. The lowest BCUT2D eigenvalue weighted by Crippen LogP contribution is -2.37. The van der Waals surface area contributed by atoms with Crippen molar-refractivity contribution in [3.8, 4) is 0 Å². The Morgan fingerprint density at radius 1 is 1.06 bits per heavy atom. The predicted octanol–water partition coefficient (Wildman–Crippen LogP) is -0.351. The van der Waals surface area contributed by atoms with Crippen molar-refractivity contribution in [1.29, 1.82) is 0 Å². The van der Waals surface area contributed by atoms with E-state index in [1.165, 1.54) is 0 Å². The Morgan fingerprint density at radius 3 is 2.54 bits per heavy atom. The van der Waals surface area contributed by atoms with Crippen molar-refractivity contribution < 1.29 is 23.9 Å². The monoisotopic (exact) mass is 516 g/mol. The fourth-order valence-electron chi connectivity index (χ4n) is 4.11. The van der Waals surface area contributed by atoms with Gasteiger partial charge in [0, 0.05) is 43.7 Å². The minimum Gasteiger partial charge on any atom is -0.379 e. The molecule has 11 nitrogen and oxygen atoms in total. The van der Waals surface area contributed by atoms with Crippen LogP contribution in [0.3, 0.4) is 0 Å². The Bertz CT molecular complexity index is 644. The van der Waals surface area contributed by atoms with Crippen LogP contribution >= 0.6 is 11.8 Å². The van der Waals surface area contributed by atoms with E-state index in [1.807, 2.05) is 18.8 Å². The first-order valence-electron chi connectivity index (χ1n) is 12.7. The summed E-state index contributed by atoms with van der Waals surface area (Å²) >= 11 is 1.94. The van der Waals surface area contributed by atoms with Gasteiger partial charge in [-0.05, 0) is 45.8 Å². The maximum absolute atomic E-state index is 12.1. The number of nitrogens with two attached hydrogens (primary N) is 1. The van der Waals surface area contributed by atoms with E-state index in [2.05, 4.69) is 26.2 Å². The molecule has 4 amide bonds. The average Bonchev–Trinajstić information content (AvgIpc) is 3.36. The second-order valence-corrected chi connectivity index (χ2v) is 10.4. The summed E-state index contributed by atoms with van der Waals surface area (Å²) in [4.78, 5) is 36.2. The fraction of sp³-hybridized carbons (Fsp3) is 0.870. The Labute approximate surface area is 213 Å². The van der Waals surface area contributed by atoms with Crippen molar-refractivity contribution in [1.82, 2.24) is 26.2 Å². The minimum absolute atomic E-state index is 0.0349. The van der Waals surface area contributed by atoms with Crippen LogP contribution in [0, 0.1) is 0 Å². The number of ether oxygens (including phenoxy) is 2. The molecule has 2 fully saturated rings. The SMILES string of the molecule is CN(CCCC[C@@H]1SC[C@@H]2NC(=O)N[C@@H]21)CC(=O)NCCCOCCOCCCNCCC(N)=O. The Balaban J connectivity index is 1.32. The molecule has 12 heteroatoms. The molecule has 2 aliphatic heterocycles. The highest BCUT2D eigenvalue weighted by molar-refractivity contribution is 8.00. The van der Waals surface area contributed by atoms with Crippen molar-refractivity contribution in [2.45, 2.75) is 55.9 Å². The number of carbonyl (C=O) groups excluding carboxylic acids is 3. The van der Waals surface area contributed by atoms with Crippen LogP contribution in [0.25, 0.3) is 0 Å². The molecule has 2 rings (SSSR count). The molecule has 2 heterocycles. The van der Waals surface area contributed by atoms with Gasteiger partial charge in [-0.25, -0.2) is 4.79 Å². The van der Waals surface area contributed by atoms with Crippen LogP contribution in [-0.2, 0) is 19.1 Å². The molecule has 0 spiro atoms. The molecule has 0 aromatic rings. The number of primary amides is 1. The first kappa shape index (κ1) is 29.6. The maximum Gasteiger partial charge on any atom is 0.315 e. The van der Waals surface area contributed by atoms with E-state index in [9.17, 15) is 14.4 Å². The molecule has 6 N–H and O–H groups in total. The Morgan fingerprint density at radius 2 is 1.80 bits per heavy atom. The number of fused-ring (bicyclic) bond motifs is 1. The molecular weight excluding hydrogens is 472 g/mol. The number of likely N-dealkylation sites (N-methyl/N-ethyl adjacent to an activating group) is 1. The van der Waals surface area contributed by atoms with Crippen LogP contribution in [0.1, 0.15) is 38.5 Å². The summed E-state index contributed by atoms with van der Waals surface area (Å²) in [5.41, 5.74) is 5.07. The van der Waals surface area contributed by atoms with Crippen molar-refractivity contribution in [3.05, 3.63) is 0 Å². The average molecular weight is 517 g/mol. The van der Waals surface area contributed by atoms with E-state index in [0.29, 0.717) is 57.7 Å². The topological polar surface area (TPSA) is 147 Å². The number of hydrogen-bond acceptors (Lipinski definition) is 8. The second kappa shape index (κ2) is 17.8. The Kier molecular flexibility index (Phi) is 15.0. The predicted molar refractivity (Wildman–Crippen MR) is 137 cm³/mol. The zero-order valence-corrected chi connectivity index (χ0v) is 21.8. The van der Waals surface area contributed by atoms with E-state index in [0.717, 1.165) is 50.9 Å².